The molecule has 0 unspecified atom stereocenters. The summed E-state index contributed by atoms with van der Waals surface area (Å²) in [7, 11) is 0. The third-order valence-electron chi connectivity index (χ3n) is 12.7. The number of allylic oxidation sites excluding steroid dienone is 3. The maximum absolute atomic E-state index is 12.1. The Morgan fingerprint density at radius 3 is 1.14 bits per heavy atom. The Labute approximate surface area is 514 Å². The number of carbonyl (C=O) groups excluding carboxylic acids is 3. The van der Waals surface area contributed by atoms with Crippen molar-refractivity contribution < 1.29 is 18.8 Å². The van der Waals surface area contributed by atoms with Crippen molar-refractivity contribution in [3.05, 3.63) is 316 Å². The van der Waals surface area contributed by atoms with Crippen LogP contribution in [0.5, 0.6) is 0 Å². The molecule has 16 rings (SSSR count). The largest absolute Gasteiger partial charge is 0.464 e. The number of carbonyl (C=O) groups is 3. The van der Waals surface area contributed by atoms with E-state index >= 15 is 0 Å². The molecule has 0 amide bonds. The lowest BCUT2D eigenvalue weighted by atomic mass is 9.84. The van der Waals surface area contributed by atoms with E-state index in [1.807, 2.05) is 84.2 Å². The first-order valence-corrected chi connectivity index (χ1v) is 27.4. The SMILES string of the molecule is C.C.C.C.C.C.C.C.C1=Cc2ccccc2C1.C1=Cc2ccccc2C1.O=C1C=Cc2ccccc21.O=C1c2ccccc2C(=O)c2ccccc21.c1ccc2c(c1)Sc1ccccc1S2.c1ccc2occc2c1.c1ccc2sccc2c1. The molecule has 0 radical (unpaired) electrons. The third kappa shape index (κ3) is 17.7. The van der Waals surface area contributed by atoms with Crippen LogP contribution in [0.25, 0.3) is 39.3 Å². The summed E-state index contributed by atoms with van der Waals surface area (Å²) >= 11 is 5.51. The van der Waals surface area contributed by atoms with Gasteiger partial charge in [0.05, 0.1) is 6.26 Å². The van der Waals surface area contributed by atoms with Crippen molar-refractivity contribution in [1.29, 1.82) is 0 Å². The molecule has 0 saturated carbocycles. The van der Waals surface area contributed by atoms with Crippen LogP contribution in [0, 0.1) is 0 Å². The minimum absolute atomic E-state index is 0. The van der Waals surface area contributed by atoms with Gasteiger partial charge in [0.2, 0.25) is 0 Å². The lowest BCUT2D eigenvalue weighted by Crippen LogP contribution is -2.20. The van der Waals surface area contributed by atoms with E-state index in [1.165, 1.54) is 51.9 Å². The molecule has 84 heavy (non-hydrogen) atoms. The lowest BCUT2D eigenvalue weighted by molar-refractivity contribution is 0.0979. The fourth-order valence-corrected chi connectivity index (χ4v) is 11.9. The summed E-state index contributed by atoms with van der Waals surface area (Å²) in [6.07, 6.45) is 16.1. The predicted molar refractivity (Wildman–Crippen MR) is 371 cm³/mol. The van der Waals surface area contributed by atoms with E-state index in [-0.39, 0.29) is 76.8 Å². The summed E-state index contributed by atoms with van der Waals surface area (Å²) in [5.74, 6) is -0.00722. The van der Waals surface area contributed by atoms with Gasteiger partial charge in [-0.25, -0.2) is 0 Å². The van der Waals surface area contributed by atoms with Gasteiger partial charge in [-0.1, -0.05) is 295 Å². The number of para-hydroxylation sites is 1. The van der Waals surface area contributed by atoms with Crippen LogP contribution in [0.4, 0.5) is 0 Å². The van der Waals surface area contributed by atoms with Gasteiger partial charge < -0.3 is 4.42 Å². The molecule has 432 valence electrons. The van der Waals surface area contributed by atoms with Gasteiger partial charge in [0.1, 0.15) is 5.58 Å². The predicted octanol–water partition coefficient (Wildman–Crippen LogP) is 23.6. The second kappa shape index (κ2) is 35.4. The molecule has 0 saturated heterocycles. The van der Waals surface area contributed by atoms with Gasteiger partial charge in [-0.05, 0) is 106 Å². The highest BCUT2D eigenvalue weighted by molar-refractivity contribution is 8.05. The molecule has 0 fully saturated rings. The highest BCUT2D eigenvalue weighted by Gasteiger charge is 2.28. The number of fused-ring (bicyclic) bond motifs is 9. The Balaban J connectivity index is 0.000000333. The van der Waals surface area contributed by atoms with Crippen molar-refractivity contribution in [2.24, 2.45) is 0 Å². The van der Waals surface area contributed by atoms with E-state index in [9.17, 15) is 14.4 Å². The average Bonchev–Trinajstić information content (AvgIpc) is 2.58. The third-order valence-corrected chi connectivity index (χ3v) is 16.2. The van der Waals surface area contributed by atoms with Gasteiger partial charge in [0, 0.05) is 57.5 Å². The number of furan rings is 1. The molecule has 9 aromatic carbocycles. The Hall–Kier alpha value is -8.59. The Kier molecular flexibility index (Phi) is 30.2. The quantitative estimate of drug-likeness (QED) is 0.151. The minimum Gasteiger partial charge on any atom is -0.464 e. The molecule has 0 spiro atoms. The first kappa shape index (κ1) is 71.5. The number of thiophene rings is 1. The molecule has 3 heterocycles. The van der Waals surface area contributed by atoms with E-state index in [2.05, 4.69) is 157 Å². The number of hydrogen-bond donors (Lipinski definition) is 0. The van der Waals surface area contributed by atoms with Gasteiger partial charge in [0.15, 0.2) is 17.3 Å². The fourth-order valence-electron chi connectivity index (χ4n) is 8.85. The lowest BCUT2D eigenvalue weighted by Gasteiger charge is -2.17. The minimum atomic E-state index is -0.0641. The first-order valence-electron chi connectivity index (χ1n) is 24.9. The zero-order chi connectivity index (χ0) is 51.9. The van der Waals surface area contributed by atoms with Crippen LogP contribution in [0.2, 0.25) is 0 Å². The van der Waals surface area contributed by atoms with Crippen molar-refractivity contribution >= 4 is 91.5 Å². The van der Waals surface area contributed by atoms with Crippen LogP contribution in [-0.4, -0.2) is 17.3 Å². The maximum Gasteiger partial charge on any atom is 0.194 e. The molecule has 7 heteroatoms. The fraction of sp³-hybridized carbons (Fsp3) is 0.130. The summed E-state index contributed by atoms with van der Waals surface area (Å²) in [6.45, 7) is 0. The van der Waals surface area contributed by atoms with Crippen LogP contribution in [0.1, 0.15) is 129 Å². The topological polar surface area (TPSA) is 64.3 Å². The number of hydrogen-bond acceptors (Lipinski definition) is 7. The molecule has 4 nitrogen and oxygen atoms in total. The maximum atomic E-state index is 12.1. The van der Waals surface area contributed by atoms with E-state index in [0.29, 0.717) is 22.3 Å². The smallest absolute Gasteiger partial charge is 0.194 e. The molecular weight excluding hydrogens is 1090 g/mol. The standard InChI is InChI=1S/C14H8O2.C12H8S2.C9H6O.2C9H8.C8H6O.C8H6S.8CH4/c15-13-9-5-1-2-6-10(9)14(16)12-8-4-3-7-11(12)13;1-2-6-10-9(5-1)13-11-7-3-4-8-12(11)14-10;10-9-6-5-7-3-1-2-4-8(7)9;2*1-2-5-9-7-3-6-8(9)4-1;2*1-2-4-8-7(3-1)5-6-9-8;;;;;;;;/h1-8H;1-8H;1-6H;2*1-6H,7H2;2*1-6H;8*1H4. The Bertz CT molecular complexity index is 3550. The molecule has 11 aromatic rings. The number of rotatable bonds is 0. The monoisotopic (exact) mass is 1170 g/mol. The van der Waals surface area contributed by atoms with E-state index in [4.69, 9.17) is 4.42 Å². The molecule has 0 atom stereocenters. The van der Waals surface area contributed by atoms with E-state index < -0.39 is 0 Å². The molecule has 5 aliphatic rings. The average molecular weight is 1170 g/mol. The van der Waals surface area contributed by atoms with Crippen molar-refractivity contribution in [3.8, 4) is 0 Å². The van der Waals surface area contributed by atoms with E-state index in [0.717, 1.165) is 34.9 Å². The molecular formula is C77H82O4S3. The van der Waals surface area contributed by atoms with Gasteiger partial charge in [-0.2, -0.15) is 0 Å². The molecule has 0 bridgehead atoms. The van der Waals surface area contributed by atoms with Gasteiger partial charge in [-0.15, -0.1) is 11.3 Å². The Morgan fingerprint density at radius 2 is 0.702 bits per heavy atom. The van der Waals surface area contributed by atoms with Gasteiger partial charge in [-0.3, -0.25) is 14.4 Å². The van der Waals surface area contributed by atoms with Crippen LogP contribution < -0.4 is 0 Å². The molecule has 2 aromatic heterocycles. The van der Waals surface area contributed by atoms with Gasteiger partial charge >= 0.3 is 0 Å². The second-order valence-electron chi connectivity index (χ2n) is 17.7. The zero-order valence-electron chi connectivity index (χ0n) is 41.3. The first-order chi connectivity index (χ1) is 37.5. The normalized spacial score (nSPS) is 11.5. The van der Waals surface area contributed by atoms with Crippen molar-refractivity contribution in [2.45, 2.75) is 91.8 Å². The van der Waals surface area contributed by atoms with Crippen molar-refractivity contribution in [2.75, 3.05) is 0 Å². The van der Waals surface area contributed by atoms with E-state index in [1.54, 1.807) is 72.2 Å². The highest BCUT2D eigenvalue weighted by Crippen LogP contribution is 2.48. The van der Waals surface area contributed by atoms with Crippen molar-refractivity contribution in [1.82, 2.24) is 0 Å². The van der Waals surface area contributed by atoms with Crippen LogP contribution >= 0.6 is 34.9 Å². The number of benzene rings is 9. The Morgan fingerprint density at radius 1 is 0.321 bits per heavy atom. The van der Waals surface area contributed by atoms with Crippen LogP contribution in [-0.2, 0) is 12.8 Å². The zero-order valence-corrected chi connectivity index (χ0v) is 43.8. The van der Waals surface area contributed by atoms with Crippen LogP contribution in [0.15, 0.2) is 284 Å². The summed E-state index contributed by atoms with van der Waals surface area (Å²) in [5, 5.41) is 4.63. The summed E-state index contributed by atoms with van der Waals surface area (Å²) < 4.78 is 6.49. The van der Waals surface area contributed by atoms with Crippen molar-refractivity contribution in [3.63, 3.8) is 0 Å². The number of ketones is 3. The molecule has 1 aliphatic heterocycles. The summed E-state index contributed by atoms with van der Waals surface area (Å²) in [4.78, 5) is 40.7. The van der Waals surface area contributed by atoms with Crippen LogP contribution in [0.3, 0.4) is 0 Å². The summed E-state index contributed by atoms with van der Waals surface area (Å²) in [5.41, 5.74) is 10.5. The second-order valence-corrected chi connectivity index (χ2v) is 20.8. The molecule has 0 N–H and O–H groups in total. The molecule has 4 aliphatic carbocycles. The summed E-state index contributed by atoms with van der Waals surface area (Å²) in [6, 6.07) is 76.1. The van der Waals surface area contributed by atoms with Gasteiger partial charge in [0.25, 0.3) is 0 Å². The highest BCUT2D eigenvalue weighted by atomic mass is 32.2.